The minimum Gasteiger partial charge on any atom is -0.487 e. The molecule has 0 N–H and O–H groups in total. The van der Waals surface area contributed by atoms with Gasteiger partial charge in [-0.25, -0.2) is 0 Å². The van der Waals surface area contributed by atoms with Gasteiger partial charge in [0, 0.05) is 17.5 Å². The van der Waals surface area contributed by atoms with Crippen LogP contribution in [0.1, 0.15) is 23.2 Å². The van der Waals surface area contributed by atoms with E-state index in [0.29, 0.717) is 36.1 Å². The van der Waals surface area contributed by atoms with Crippen LogP contribution in [0.4, 0.5) is 8.78 Å². The van der Waals surface area contributed by atoms with E-state index >= 15 is 0 Å². The van der Waals surface area contributed by atoms with Crippen LogP contribution in [0.5, 0.6) is 17.4 Å². The molecule has 3 aromatic rings. The highest BCUT2D eigenvalue weighted by atomic mass is 19.3. The number of hydrogen-bond acceptors (Lipinski definition) is 5. The first kappa shape index (κ1) is 23.0. The Hall–Kier alpha value is -4.18. The monoisotopic (exact) mass is 460 g/mol. The van der Waals surface area contributed by atoms with Crippen molar-refractivity contribution < 1.29 is 23.0 Å². The molecule has 0 aliphatic heterocycles. The van der Waals surface area contributed by atoms with Crippen molar-refractivity contribution in [2.24, 2.45) is 5.92 Å². The second-order valence-electron chi connectivity index (χ2n) is 7.45. The van der Waals surface area contributed by atoms with Crippen molar-refractivity contribution in [3.8, 4) is 29.2 Å². The van der Waals surface area contributed by atoms with Crippen molar-refractivity contribution in [2.45, 2.75) is 19.6 Å². The average molecular weight is 460 g/mol. The molecule has 0 saturated heterocycles. The fourth-order valence-corrected chi connectivity index (χ4v) is 3.16. The van der Waals surface area contributed by atoms with Crippen LogP contribution in [0.2, 0.25) is 0 Å². The smallest absolute Gasteiger partial charge is 0.387 e. The van der Waals surface area contributed by atoms with E-state index in [1.165, 1.54) is 12.1 Å². The molecule has 1 aliphatic carbocycles. The number of nitrogens with zero attached hydrogens (tertiary/aromatic N) is 2. The van der Waals surface area contributed by atoms with Crippen LogP contribution < -0.4 is 14.2 Å². The highest BCUT2D eigenvalue weighted by Gasteiger charge is 2.13. The molecule has 1 heterocycles. The molecule has 0 radical (unpaired) electrons. The van der Waals surface area contributed by atoms with Gasteiger partial charge in [-0.3, -0.25) is 0 Å². The molecule has 4 rings (SSSR count). The summed E-state index contributed by atoms with van der Waals surface area (Å²) in [5.41, 5.74) is 2.02. The molecule has 0 fully saturated rings. The largest absolute Gasteiger partial charge is 0.487 e. The Kier molecular flexibility index (Phi) is 7.86. The third kappa shape index (κ3) is 6.91. The van der Waals surface area contributed by atoms with Gasteiger partial charge in [-0.15, -0.1) is 10.2 Å². The lowest BCUT2D eigenvalue weighted by molar-refractivity contribution is -0.0498. The van der Waals surface area contributed by atoms with Crippen molar-refractivity contribution in [2.75, 3.05) is 6.61 Å². The SMILES string of the molecule is FC(F)Oc1ccc(C#Cc2cc(OCC3C=CC=CC3)c(OCc3ccccc3)nn2)cc1. The van der Waals surface area contributed by atoms with Gasteiger partial charge in [0.2, 0.25) is 0 Å². The fraction of sp³-hybridized carbons (Fsp3) is 0.185. The van der Waals surface area contributed by atoms with E-state index in [0.717, 1.165) is 12.0 Å². The van der Waals surface area contributed by atoms with Gasteiger partial charge in [-0.05, 0) is 42.2 Å². The van der Waals surface area contributed by atoms with Crippen molar-refractivity contribution in [1.29, 1.82) is 0 Å². The maximum atomic E-state index is 12.3. The van der Waals surface area contributed by atoms with Gasteiger partial charge < -0.3 is 14.2 Å². The Balaban J connectivity index is 1.49. The minimum absolute atomic E-state index is 0.0718. The van der Waals surface area contributed by atoms with Crippen LogP contribution >= 0.6 is 0 Å². The zero-order valence-electron chi connectivity index (χ0n) is 18.2. The standard InChI is InChI=1S/C27H22F2N2O3/c28-27(29)34-24-15-12-20(13-16-24)11-14-23-17-25(32-18-21-7-3-1-4-8-21)26(31-30-23)33-19-22-9-5-2-6-10-22/h1-7,9-10,12-13,15-17,21,27H,8,18-19H2. The van der Waals surface area contributed by atoms with E-state index in [-0.39, 0.29) is 11.7 Å². The van der Waals surface area contributed by atoms with Crippen LogP contribution in [0.3, 0.4) is 0 Å². The number of allylic oxidation sites excluding steroid dienone is 3. The molecular weight excluding hydrogens is 438 g/mol. The van der Waals surface area contributed by atoms with Crippen molar-refractivity contribution in [3.05, 3.63) is 102 Å². The summed E-state index contributed by atoms with van der Waals surface area (Å²) in [6.07, 6.45) is 9.11. The van der Waals surface area contributed by atoms with Crippen LogP contribution in [-0.4, -0.2) is 23.4 Å². The molecule has 1 aromatic heterocycles. The zero-order valence-corrected chi connectivity index (χ0v) is 18.2. The highest BCUT2D eigenvalue weighted by Crippen LogP contribution is 2.26. The predicted molar refractivity (Wildman–Crippen MR) is 124 cm³/mol. The predicted octanol–water partition coefficient (Wildman–Crippen LogP) is 5.57. The molecule has 0 amide bonds. The summed E-state index contributed by atoms with van der Waals surface area (Å²) in [5, 5.41) is 8.32. The van der Waals surface area contributed by atoms with Crippen molar-refractivity contribution in [3.63, 3.8) is 0 Å². The first-order valence-corrected chi connectivity index (χ1v) is 10.7. The number of ether oxygens (including phenoxy) is 3. The number of aromatic nitrogens is 2. The Labute approximate surface area is 196 Å². The maximum absolute atomic E-state index is 12.3. The number of halogens is 2. The third-order valence-electron chi connectivity index (χ3n) is 4.88. The van der Waals surface area contributed by atoms with Crippen LogP contribution in [0.15, 0.2) is 85.0 Å². The lowest BCUT2D eigenvalue weighted by Gasteiger charge is -2.16. The normalized spacial score (nSPS) is 14.4. The van der Waals surface area contributed by atoms with E-state index in [9.17, 15) is 8.78 Å². The molecule has 1 atom stereocenters. The zero-order chi connectivity index (χ0) is 23.6. The molecule has 2 aromatic carbocycles. The van der Waals surface area contributed by atoms with Gasteiger partial charge in [-0.1, -0.05) is 60.6 Å². The molecule has 0 spiro atoms. The van der Waals surface area contributed by atoms with Crippen LogP contribution in [-0.2, 0) is 6.61 Å². The highest BCUT2D eigenvalue weighted by molar-refractivity contribution is 5.45. The molecule has 1 aliphatic rings. The molecule has 0 saturated carbocycles. The van der Waals surface area contributed by atoms with Gasteiger partial charge in [0.15, 0.2) is 5.75 Å². The lowest BCUT2D eigenvalue weighted by atomic mass is 10.0. The molecule has 172 valence electrons. The molecule has 34 heavy (non-hydrogen) atoms. The van der Waals surface area contributed by atoms with E-state index in [4.69, 9.17) is 9.47 Å². The Morgan fingerprint density at radius 3 is 2.50 bits per heavy atom. The fourth-order valence-electron chi connectivity index (χ4n) is 3.16. The van der Waals surface area contributed by atoms with E-state index < -0.39 is 6.61 Å². The second kappa shape index (κ2) is 11.6. The summed E-state index contributed by atoms with van der Waals surface area (Å²) in [5.74, 6) is 6.94. The van der Waals surface area contributed by atoms with E-state index in [1.54, 1.807) is 18.2 Å². The van der Waals surface area contributed by atoms with E-state index in [1.807, 2.05) is 42.5 Å². The maximum Gasteiger partial charge on any atom is 0.387 e. The topological polar surface area (TPSA) is 53.5 Å². The summed E-state index contributed by atoms with van der Waals surface area (Å²) in [7, 11) is 0. The first-order chi connectivity index (χ1) is 16.7. The minimum atomic E-state index is -2.87. The number of alkyl halides is 2. The van der Waals surface area contributed by atoms with Crippen molar-refractivity contribution >= 4 is 0 Å². The molecule has 5 nitrogen and oxygen atoms in total. The van der Waals surface area contributed by atoms with Gasteiger partial charge in [0.05, 0.1) is 6.61 Å². The quantitative estimate of drug-likeness (QED) is 0.412. The molecule has 1 unspecified atom stereocenters. The van der Waals surface area contributed by atoms with Gasteiger partial charge in [0.1, 0.15) is 18.1 Å². The summed E-state index contributed by atoms with van der Waals surface area (Å²) >= 11 is 0. The van der Waals surface area contributed by atoms with Crippen LogP contribution in [0.25, 0.3) is 0 Å². The molecular formula is C27H22F2N2O3. The summed E-state index contributed by atoms with van der Waals surface area (Å²) in [4.78, 5) is 0. The Bertz CT molecular complexity index is 1200. The Morgan fingerprint density at radius 2 is 1.76 bits per heavy atom. The Morgan fingerprint density at radius 1 is 0.941 bits per heavy atom. The second-order valence-corrected chi connectivity index (χ2v) is 7.45. The third-order valence-corrected chi connectivity index (χ3v) is 4.88. The van der Waals surface area contributed by atoms with Gasteiger partial charge >= 0.3 is 6.61 Å². The summed E-state index contributed by atoms with van der Waals surface area (Å²) < 4.78 is 40.9. The number of benzene rings is 2. The average Bonchev–Trinajstić information content (AvgIpc) is 2.87. The van der Waals surface area contributed by atoms with Gasteiger partial charge in [0.25, 0.3) is 5.88 Å². The van der Waals surface area contributed by atoms with Crippen LogP contribution in [0, 0.1) is 17.8 Å². The molecule has 0 bridgehead atoms. The summed E-state index contributed by atoms with van der Waals surface area (Å²) in [6.45, 7) is -2.07. The van der Waals surface area contributed by atoms with Gasteiger partial charge in [-0.2, -0.15) is 8.78 Å². The molecule has 7 heteroatoms. The van der Waals surface area contributed by atoms with Crippen molar-refractivity contribution in [1.82, 2.24) is 10.2 Å². The first-order valence-electron chi connectivity index (χ1n) is 10.7. The van der Waals surface area contributed by atoms with E-state index in [2.05, 4.69) is 38.9 Å². The number of rotatable bonds is 8. The summed E-state index contributed by atoms with van der Waals surface area (Å²) in [6, 6.07) is 17.5. The lowest BCUT2D eigenvalue weighted by Crippen LogP contribution is -2.12. The number of hydrogen-bond donors (Lipinski definition) is 0.